The maximum Gasteiger partial charge on any atom is 0.363 e. The minimum absolute atomic E-state index is 0.0578. The molecule has 0 fully saturated rings. The third-order valence-electron chi connectivity index (χ3n) is 1.00. The average molecular weight is 185 g/mol. The lowest BCUT2D eigenvalue weighted by Gasteiger charge is -1.96. The molecule has 0 amide bonds. The van der Waals surface area contributed by atoms with Crippen molar-refractivity contribution in [2.24, 2.45) is 0 Å². The summed E-state index contributed by atoms with van der Waals surface area (Å²) >= 11 is 5.48. The van der Waals surface area contributed by atoms with Gasteiger partial charge in [0.05, 0.1) is 18.7 Å². The van der Waals surface area contributed by atoms with E-state index in [0.29, 0.717) is 0 Å². The highest BCUT2D eigenvalue weighted by Crippen LogP contribution is 2.03. The lowest BCUT2D eigenvalue weighted by molar-refractivity contribution is 0.0657. The molecule has 0 aromatic carbocycles. The molecule has 0 aliphatic heterocycles. The quantitative estimate of drug-likeness (QED) is 0.516. The SMILES string of the molecule is C=COC(=O)c1cncc(Cl)n1. The molecule has 5 heteroatoms. The maximum absolute atomic E-state index is 10.9. The normalized spacial score (nSPS) is 9.08. The van der Waals surface area contributed by atoms with E-state index in [1.54, 1.807) is 0 Å². The molecular formula is C7H5ClN2O2. The molecule has 12 heavy (non-hydrogen) atoms. The zero-order chi connectivity index (χ0) is 8.97. The fourth-order valence-electron chi connectivity index (χ4n) is 0.577. The molecule has 4 nitrogen and oxygen atoms in total. The number of rotatable bonds is 2. The van der Waals surface area contributed by atoms with Gasteiger partial charge in [-0.3, -0.25) is 4.98 Å². The molecule has 1 aromatic rings. The fourth-order valence-corrected chi connectivity index (χ4v) is 0.724. The average Bonchev–Trinajstić information content (AvgIpc) is 2.05. The van der Waals surface area contributed by atoms with E-state index < -0.39 is 5.97 Å². The van der Waals surface area contributed by atoms with Crippen LogP contribution in [0.4, 0.5) is 0 Å². The molecule has 0 N–H and O–H groups in total. The summed E-state index contributed by atoms with van der Waals surface area (Å²) in [5, 5.41) is 0.147. The molecule has 0 saturated carbocycles. The zero-order valence-corrected chi connectivity index (χ0v) is 6.78. The van der Waals surface area contributed by atoms with E-state index in [2.05, 4.69) is 21.3 Å². The van der Waals surface area contributed by atoms with Crippen LogP contribution in [0.1, 0.15) is 10.5 Å². The van der Waals surface area contributed by atoms with Crippen molar-refractivity contribution in [2.75, 3.05) is 0 Å². The van der Waals surface area contributed by atoms with Crippen molar-refractivity contribution in [3.63, 3.8) is 0 Å². The number of hydrogen-bond donors (Lipinski definition) is 0. The Labute approximate surface area is 73.9 Å². The monoisotopic (exact) mass is 184 g/mol. The van der Waals surface area contributed by atoms with Crippen LogP contribution in [0.3, 0.4) is 0 Å². The summed E-state index contributed by atoms with van der Waals surface area (Å²) < 4.78 is 4.45. The number of aromatic nitrogens is 2. The smallest absolute Gasteiger partial charge is 0.363 e. The van der Waals surface area contributed by atoms with Crippen molar-refractivity contribution in [1.29, 1.82) is 0 Å². The highest BCUT2D eigenvalue weighted by molar-refractivity contribution is 6.29. The van der Waals surface area contributed by atoms with Gasteiger partial charge in [-0.1, -0.05) is 18.2 Å². The van der Waals surface area contributed by atoms with Gasteiger partial charge in [0.25, 0.3) is 0 Å². The van der Waals surface area contributed by atoms with Crippen LogP contribution in [-0.4, -0.2) is 15.9 Å². The molecule has 0 bridgehead atoms. The predicted molar refractivity (Wildman–Crippen MR) is 42.7 cm³/mol. The van der Waals surface area contributed by atoms with Crippen LogP contribution in [0.5, 0.6) is 0 Å². The Morgan fingerprint density at radius 3 is 3.00 bits per heavy atom. The molecule has 0 aliphatic carbocycles. The van der Waals surface area contributed by atoms with Crippen LogP contribution in [-0.2, 0) is 4.74 Å². The molecule has 1 heterocycles. The Kier molecular flexibility index (Phi) is 2.76. The molecule has 0 saturated heterocycles. The minimum atomic E-state index is -0.625. The summed E-state index contributed by atoms with van der Waals surface area (Å²) in [7, 11) is 0. The van der Waals surface area contributed by atoms with E-state index in [4.69, 9.17) is 11.6 Å². The molecule has 0 aliphatic rings. The van der Waals surface area contributed by atoms with Crippen LogP contribution < -0.4 is 0 Å². The van der Waals surface area contributed by atoms with Crippen molar-refractivity contribution >= 4 is 17.6 Å². The summed E-state index contributed by atoms with van der Waals surface area (Å²) in [4.78, 5) is 18.3. The maximum atomic E-state index is 10.9. The molecular weight excluding hydrogens is 180 g/mol. The summed E-state index contributed by atoms with van der Waals surface area (Å²) in [6.45, 7) is 3.22. The summed E-state index contributed by atoms with van der Waals surface area (Å²) in [6, 6.07) is 0. The van der Waals surface area contributed by atoms with Crippen LogP contribution in [0.2, 0.25) is 5.15 Å². The Morgan fingerprint density at radius 2 is 2.42 bits per heavy atom. The largest absolute Gasteiger partial charge is 0.430 e. The van der Waals surface area contributed by atoms with Gasteiger partial charge in [-0.15, -0.1) is 0 Å². The van der Waals surface area contributed by atoms with Gasteiger partial charge < -0.3 is 4.74 Å². The Hall–Kier alpha value is -1.42. The van der Waals surface area contributed by atoms with Crippen molar-refractivity contribution in [2.45, 2.75) is 0 Å². The number of carbonyl (C=O) groups is 1. The molecule has 0 spiro atoms. The molecule has 1 aromatic heterocycles. The van der Waals surface area contributed by atoms with Gasteiger partial charge in [-0.25, -0.2) is 9.78 Å². The first kappa shape index (κ1) is 8.67. The van der Waals surface area contributed by atoms with Crippen LogP contribution in [0.15, 0.2) is 25.2 Å². The fraction of sp³-hybridized carbons (Fsp3) is 0. The van der Waals surface area contributed by atoms with Gasteiger partial charge in [-0.2, -0.15) is 0 Å². The zero-order valence-electron chi connectivity index (χ0n) is 6.03. The summed E-state index contributed by atoms with van der Waals surface area (Å²) in [5.41, 5.74) is 0.0578. The minimum Gasteiger partial charge on any atom is -0.430 e. The second kappa shape index (κ2) is 3.82. The number of hydrogen-bond acceptors (Lipinski definition) is 4. The molecule has 62 valence electrons. The summed E-state index contributed by atoms with van der Waals surface area (Å²) in [5.74, 6) is -0.625. The highest BCUT2D eigenvalue weighted by atomic mass is 35.5. The predicted octanol–water partition coefficient (Wildman–Crippen LogP) is 1.43. The van der Waals surface area contributed by atoms with Crippen molar-refractivity contribution in [3.8, 4) is 0 Å². The first-order valence-corrected chi connectivity index (χ1v) is 3.41. The molecule has 0 unspecified atom stereocenters. The van der Waals surface area contributed by atoms with E-state index in [1.165, 1.54) is 12.4 Å². The highest BCUT2D eigenvalue weighted by Gasteiger charge is 2.07. The number of ether oxygens (including phenoxy) is 1. The number of halogens is 1. The van der Waals surface area contributed by atoms with Gasteiger partial charge in [0, 0.05) is 0 Å². The second-order valence-electron chi connectivity index (χ2n) is 1.80. The van der Waals surface area contributed by atoms with Crippen LogP contribution in [0, 0.1) is 0 Å². The van der Waals surface area contributed by atoms with Crippen molar-refractivity contribution < 1.29 is 9.53 Å². The molecule has 0 radical (unpaired) electrons. The van der Waals surface area contributed by atoms with E-state index in [-0.39, 0.29) is 10.8 Å². The van der Waals surface area contributed by atoms with Crippen LogP contribution >= 0.6 is 11.6 Å². The first-order chi connectivity index (χ1) is 5.74. The Morgan fingerprint density at radius 1 is 1.67 bits per heavy atom. The van der Waals surface area contributed by atoms with Gasteiger partial charge in [0.2, 0.25) is 0 Å². The van der Waals surface area contributed by atoms with E-state index in [1.807, 2.05) is 0 Å². The van der Waals surface area contributed by atoms with Crippen LogP contribution in [0.25, 0.3) is 0 Å². The van der Waals surface area contributed by atoms with Gasteiger partial charge in [-0.05, 0) is 0 Å². The van der Waals surface area contributed by atoms with Gasteiger partial charge in [0.1, 0.15) is 5.15 Å². The van der Waals surface area contributed by atoms with E-state index >= 15 is 0 Å². The lowest BCUT2D eigenvalue weighted by atomic mass is 10.5. The number of esters is 1. The topological polar surface area (TPSA) is 52.1 Å². The third kappa shape index (κ3) is 2.03. The number of carbonyl (C=O) groups excluding carboxylic acids is 1. The van der Waals surface area contributed by atoms with Crippen molar-refractivity contribution in [1.82, 2.24) is 9.97 Å². The van der Waals surface area contributed by atoms with Crippen molar-refractivity contribution in [3.05, 3.63) is 36.1 Å². The standard InChI is InChI=1S/C7H5ClN2O2/c1-2-12-7(11)5-3-9-4-6(8)10-5/h2-4H,1H2. The Bertz CT molecular complexity index is 314. The number of nitrogens with zero attached hydrogens (tertiary/aromatic N) is 2. The third-order valence-corrected chi connectivity index (χ3v) is 1.19. The lowest BCUT2D eigenvalue weighted by Crippen LogP contribution is -2.03. The second-order valence-corrected chi connectivity index (χ2v) is 2.19. The van der Waals surface area contributed by atoms with E-state index in [9.17, 15) is 4.79 Å². The first-order valence-electron chi connectivity index (χ1n) is 3.03. The summed E-state index contributed by atoms with van der Waals surface area (Å²) in [6.07, 6.45) is 3.61. The Balaban J connectivity index is 2.87. The van der Waals surface area contributed by atoms with E-state index in [0.717, 1.165) is 6.26 Å². The van der Waals surface area contributed by atoms with Gasteiger partial charge in [0.15, 0.2) is 5.69 Å². The van der Waals surface area contributed by atoms with Gasteiger partial charge >= 0.3 is 5.97 Å². The molecule has 0 atom stereocenters. The molecule has 1 rings (SSSR count).